The van der Waals surface area contributed by atoms with Gasteiger partial charge in [-0.15, -0.1) is 11.6 Å². The molecule has 1 aliphatic rings. The van der Waals surface area contributed by atoms with Gasteiger partial charge < -0.3 is 4.74 Å². The highest BCUT2D eigenvalue weighted by Crippen LogP contribution is 2.36. The van der Waals surface area contributed by atoms with E-state index in [2.05, 4.69) is 0 Å². The quantitative estimate of drug-likeness (QED) is 0.713. The minimum atomic E-state index is 0.0565. The van der Waals surface area contributed by atoms with Crippen LogP contribution < -0.4 is 0 Å². The van der Waals surface area contributed by atoms with Crippen LogP contribution in [0.3, 0.4) is 0 Å². The zero-order valence-electron chi connectivity index (χ0n) is 8.76. The van der Waals surface area contributed by atoms with Crippen molar-refractivity contribution in [2.24, 2.45) is 5.92 Å². The molecule has 0 spiro atoms. The van der Waals surface area contributed by atoms with Gasteiger partial charge in [-0.25, -0.2) is 0 Å². The molecule has 1 aliphatic heterocycles. The molecule has 88 valence electrons. The molecule has 0 bridgehead atoms. The number of benzene rings is 1. The Hall–Kier alpha value is 0.0500. The van der Waals surface area contributed by atoms with Crippen molar-refractivity contribution in [3.8, 4) is 0 Å². The lowest BCUT2D eigenvalue weighted by atomic mass is 9.91. The van der Waals surface area contributed by atoms with Crippen LogP contribution in [0.4, 0.5) is 0 Å². The first-order valence-electron chi connectivity index (χ1n) is 5.35. The average molecular weight is 280 g/mol. The van der Waals surface area contributed by atoms with Crippen LogP contribution in [0.5, 0.6) is 0 Å². The van der Waals surface area contributed by atoms with Gasteiger partial charge >= 0.3 is 0 Å². The van der Waals surface area contributed by atoms with E-state index in [1.165, 1.54) is 0 Å². The Morgan fingerprint density at radius 3 is 2.75 bits per heavy atom. The summed E-state index contributed by atoms with van der Waals surface area (Å²) in [5.41, 5.74) is 1.07. The van der Waals surface area contributed by atoms with Gasteiger partial charge in [-0.2, -0.15) is 0 Å². The minimum Gasteiger partial charge on any atom is -0.373 e. The summed E-state index contributed by atoms with van der Waals surface area (Å²) in [5.74, 6) is 0.984. The third-order valence-corrected chi connectivity index (χ3v) is 4.05. The zero-order valence-corrected chi connectivity index (χ0v) is 11.0. The maximum absolute atomic E-state index is 6.00. The van der Waals surface area contributed by atoms with Crippen LogP contribution in [0.1, 0.15) is 24.5 Å². The third-order valence-electron chi connectivity index (χ3n) is 2.92. The van der Waals surface area contributed by atoms with E-state index < -0.39 is 0 Å². The van der Waals surface area contributed by atoms with Crippen molar-refractivity contribution < 1.29 is 4.74 Å². The Kier molecular flexibility index (Phi) is 4.37. The van der Waals surface area contributed by atoms with Crippen LogP contribution in [0.2, 0.25) is 10.0 Å². The maximum Gasteiger partial charge on any atom is 0.0864 e. The number of hydrogen-bond acceptors (Lipinski definition) is 1. The predicted octanol–water partition coefficient (Wildman–Crippen LogP) is 4.70. The maximum atomic E-state index is 6.00. The molecular formula is C12H13Cl3O. The molecule has 1 saturated heterocycles. The number of ether oxygens (including phenoxy) is 1. The van der Waals surface area contributed by atoms with Gasteiger partial charge in [0.1, 0.15) is 0 Å². The summed E-state index contributed by atoms with van der Waals surface area (Å²) in [6, 6.07) is 5.64. The first kappa shape index (κ1) is 12.5. The van der Waals surface area contributed by atoms with Gasteiger partial charge in [0, 0.05) is 18.4 Å². The fourth-order valence-corrected chi connectivity index (χ4v) is 2.68. The van der Waals surface area contributed by atoms with E-state index in [1.54, 1.807) is 0 Å². The fraction of sp³-hybridized carbons (Fsp3) is 0.500. The lowest BCUT2D eigenvalue weighted by Crippen LogP contribution is -2.23. The van der Waals surface area contributed by atoms with Crippen LogP contribution in [0.25, 0.3) is 0 Å². The van der Waals surface area contributed by atoms with Crippen molar-refractivity contribution >= 4 is 34.8 Å². The Balaban J connectivity index is 2.23. The molecule has 1 fully saturated rings. The molecule has 2 rings (SSSR count). The lowest BCUT2D eigenvalue weighted by Gasteiger charge is -2.30. The van der Waals surface area contributed by atoms with Crippen molar-refractivity contribution in [1.82, 2.24) is 0 Å². The number of rotatable bonds is 2. The first-order valence-corrected chi connectivity index (χ1v) is 6.64. The monoisotopic (exact) mass is 278 g/mol. The van der Waals surface area contributed by atoms with Gasteiger partial charge in [-0.05, 0) is 30.5 Å². The largest absolute Gasteiger partial charge is 0.373 e. The summed E-state index contributed by atoms with van der Waals surface area (Å²) < 4.78 is 5.78. The van der Waals surface area contributed by atoms with Gasteiger partial charge in [0.25, 0.3) is 0 Å². The molecule has 0 aromatic heterocycles. The van der Waals surface area contributed by atoms with Gasteiger partial charge in [-0.3, -0.25) is 0 Å². The Morgan fingerprint density at radius 1 is 1.25 bits per heavy atom. The fourth-order valence-electron chi connectivity index (χ4n) is 2.06. The van der Waals surface area contributed by atoms with E-state index in [0.717, 1.165) is 25.0 Å². The van der Waals surface area contributed by atoms with Crippen LogP contribution in [0, 0.1) is 5.92 Å². The first-order chi connectivity index (χ1) is 7.72. The van der Waals surface area contributed by atoms with Gasteiger partial charge in [-0.1, -0.05) is 29.3 Å². The molecule has 2 unspecified atom stereocenters. The molecule has 1 heterocycles. The summed E-state index contributed by atoms with van der Waals surface area (Å²) in [4.78, 5) is 0. The second-order valence-electron chi connectivity index (χ2n) is 4.02. The molecule has 1 aromatic carbocycles. The van der Waals surface area contributed by atoms with Crippen molar-refractivity contribution in [2.75, 3.05) is 12.5 Å². The SMILES string of the molecule is ClCC1CCCOC1c1ccc(Cl)c(Cl)c1. The van der Waals surface area contributed by atoms with E-state index in [4.69, 9.17) is 39.5 Å². The average Bonchev–Trinajstić information content (AvgIpc) is 2.32. The van der Waals surface area contributed by atoms with Gasteiger partial charge in [0.05, 0.1) is 16.1 Å². The van der Waals surface area contributed by atoms with E-state index in [9.17, 15) is 0 Å². The molecule has 0 N–H and O–H groups in total. The molecule has 0 saturated carbocycles. The summed E-state index contributed by atoms with van der Waals surface area (Å²) in [5, 5.41) is 1.14. The van der Waals surface area contributed by atoms with Crippen LogP contribution in [0.15, 0.2) is 18.2 Å². The highest BCUT2D eigenvalue weighted by atomic mass is 35.5. The highest BCUT2D eigenvalue weighted by Gasteiger charge is 2.26. The number of halogens is 3. The van der Waals surface area contributed by atoms with Crippen molar-refractivity contribution in [3.63, 3.8) is 0 Å². The molecule has 0 aliphatic carbocycles. The van der Waals surface area contributed by atoms with Crippen LogP contribution in [-0.4, -0.2) is 12.5 Å². The molecule has 0 radical (unpaired) electrons. The predicted molar refractivity (Wildman–Crippen MR) is 68.6 cm³/mol. The zero-order chi connectivity index (χ0) is 11.5. The molecule has 16 heavy (non-hydrogen) atoms. The van der Waals surface area contributed by atoms with E-state index in [-0.39, 0.29) is 6.10 Å². The summed E-state index contributed by atoms with van der Waals surface area (Å²) in [6.45, 7) is 0.790. The van der Waals surface area contributed by atoms with Crippen molar-refractivity contribution in [3.05, 3.63) is 33.8 Å². The van der Waals surface area contributed by atoms with E-state index in [0.29, 0.717) is 21.8 Å². The minimum absolute atomic E-state index is 0.0565. The topological polar surface area (TPSA) is 9.23 Å². The molecule has 1 nitrogen and oxygen atoms in total. The second kappa shape index (κ2) is 5.59. The smallest absolute Gasteiger partial charge is 0.0864 e. The summed E-state index contributed by atoms with van der Waals surface area (Å²) in [7, 11) is 0. The molecule has 1 aromatic rings. The van der Waals surface area contributed by atoms with Crippen molar-refractivity contribution in [1.29, 1.82) is 0 Å². The Labute approximate surface area is 111 Å². The Bertz CT molecular complexity index is 367. The number of alkyl halides is 1. The van der Waals surface area contributed by atoms with E-state index in [1.807, 2.05) is 18.2 Å². The van der Waals surface area contributed by atoms with Gasteiger partial charge in [0.15, 0.2) is 0 Å². The standard InChI is InChI=1S/C12H13Cl3O/c13-7-9-2-1-5-16-12(9)8-3-4-10(14)11(15)6-8/h3-4,6,9,12H,1-2,5,7H2. The van der Waals surface area contributed by atoms with E-state index >= 15 is 0 Å². The molecular weight excluding hydrogens is 266 g/mol. The Morgan fingerprint density at radius 2 is 2.06 bits per heavy atom. The lowest BCUT2D eigenvalue weighted by molar-refractivity contribution is -0.0208. The molecule has 2 atom stereocenters. The number of hydrogen-bond donors (Lipinski definition) is 0. The van der Waals surface area contributed by atoms with Crippen molar-refractivity contribution in [2.45, 2.75) is 18.9 Å². The highest BCUT2D eigenvalue weighted by molar-refractivity contribution is 6.42. The van der Waals surface area contributed by atoms with Crippen LogP contribution >= 0.6 is 34.8 Å². The molecule has 0 amide bonds. The van der Waals surface area contributed by atoms with Gasteiger partial charge in [0.2, 0.25) is 0 Å². The summed E-state index contributed by atoms with van der Waals surface area (Å²) >= 11 is 17.9. The summed E-state index contributed by atoms with van der Waals surface area (Å²) in [6.07, 6.45) is 2.24. The normalized spacial score (nSPS) is 25.7. The second-order valence-corrected chi connectivity index (χ2v) is 5.14. The third kappa shape index (κ3) is 2.65. The molecule has 4 heteroatoms. The van der Waals surface area contributed by atoms with Crippen LogP contribution in [-0.2, 0) is 4.74 Å².